The van der Waals surface area contributed by atoms with Crippen LogP contribution in [0.1, 0.15) is 72.5 Å². The van der Waals surface area contributed by atoms with E-state index in [0.29, 0.717) is 17.6 Å². The molecule has 1 aromatic heterocycles. The Morgan fingerprint density at radius 2 is 1.88 bits per heavy atom. The maximum atomic E-state index is 14.9. The molecule has 0 radical (unpaired) electrons. The van der Waals surface area contributed by atoms with Crippen LogP contribution in [0.5, 0.6) is 0 Å². The van der Waals surface area contributed by atoms with Gasteiger partial charge in [-0.15, -0.1) is 0 Å². The van der Waals surface area contributed by atoms with Gasteiger partial charge in [0.25, 0.3) is 0 Å². The fourth-order valence-corrected chi connectivity index (χ4v) is 10.2. The zero-order valence-corrected chi connectivity index (χ0v) is 25.4. The molecule has 6 fully saturated rings. The summed E-state index contributed by atoms with van der Waals surface area (Å²) < 4.78 is 35.7. The molecule has 2 bridgehead atoms. The normalized spacial score (nSPS) is 48.5. The molecule has 232 valence electrons. The summed E-state index contributed by atoms with van der Waals surface area (Å²) >= 11 is 0. The van der Waals surface area contributed by atoms with Crippen molar-refractivity contribution in [1.82, 2.24) is 0 Å². The van der Waals surface area contributed by atoms with E-state index in [2.05, 4.69) is 0 Å². The van der Waals surface area contributed by atoms with Gasteiger partial charge < -0.3 is 33.2 Å². The topological polar surface area (TPSA) is 154 Å². The molecule has 11 atom stereocenters. The van der Waals surface area contributed by atoms with Crippen LogP contribution in [0.25, 0.3) is 0 Å². The number of ketones is 1. The van der Waals surface area contributed by atoms with Gasteiger partial charge in [0.1, 0.15) is 29.5 Å². The number of hydrogen-bond acceptors (Lipinski definition) is 11. The van der Waals surface area contributed by atoms with E-state index in [-0.39, 0.29) is 12.8 Å². The van der Waals surface area contributed by atoms with E-state index in [1.54, 1.807) is 53.0 Å². The third-order valence-electron chi connectivity index (χ3n) is 12.2. The van der Waals surface area contributed by atoms with Gasteiger partial charge in [0.2, 0.25) is 0 Å². The Kier molecular flexibility index (Phi) is 5.59. The number of furan rings is 1. The smallest absolute Gasteiger partial charge is 0.333 e. The molecule has 0 unspecified atom stereocenters. The number of carbonyl (C=O) groups is 4. The van der Waals surface area contributed by atoms with Crippen molar-refractivity contribution in [2.75, 3.05) is 7.11 Å². The molecule has 3 saturated heterocycles. The van der Waals surface area contributed by atoms with Crippen LogP contribution in [0.2, 0.25) is 0 Å². The van der Waals surface area contributed by atoms with Crippen molar-refractivity contribution in [3.8, 4) is 0 Å². The highest BCUT2D eigenvalue weighted by molar-refractivity contribution is 6.01. The number of carbonyl (C=O) groups excluding carboxylic acids is 4. The standard InChI is InChI=1S/C32H38O11/c1-8-15(2)23(35)41-25-27(3,4)17(11-20(33)38-7)29(6)24(36)30(25,37)26-31(43-26)18-12-21(34)40-22(16-9-10-39-14-16)28(18,5)13-19-32(29,31)42-19/h8-10,14,17-19,22,25-26,37H,11-13H2,1-7H3/b15-8-/t17-,18+,19+,22-,25-,26+,28+,29+,30-,31+,32-/m0/s1. The molecule has 3 saturated carbocycles. The summed E-state index contributed by atoms with van der Waals surface area (Å²) in [7, 11) is 1.28. The Hall–Kier alpha value is -3.02. The van der Waals surface area contributed by atoms with E-state index in [4.69, 9.17) is 28.1 Å². The van der Waals surface area contributed by atoms with E-state index in [1.165, 1.54) is 13.4 Å². The molecule has 6 aliphatic rings. The summed E-state index contributed by atoms with van der Waals surface area (Å²) in [6, 6.07) is 1.76. The Morgan fingerprint density at radius 1 is 1.16 bits per heavy atom. The van der Waals surface area contributed by atoms with Gasteiger partial charge >= 0.3 is 17.9 Å². The minimum absolute atomic E-state index is 0.0211. The minimum atomic E-state index is -2.28. The number of allylic oxidation sites excluding steroid dienone is 1. The van der Waals surface area contributed by atoms with Gasteiger partial charge in [0, 0.05) is 27.9 Å². The fourth-order valence-electron chi connectivity index (χ4n) is 10.2. The number of rotatable bonds is 5. The van der Waals surface area contributed by atoms with Gasteiger partial charge in [-0.2, -0.15) is 0 Å². The Labute approximate surface area is 249 Å². The van der Waals surface area contributed by atoms with Gasteiger partial charge in [-0.1, -0.05) is 26.8 Å². The number of epoxide rings is 2. The number of hydrogen-bond donors (Lipinski definition) is 1. The lowest BCUT2D eigenvalue weighted by Crippen LogP contribution is -2.83. The molecule has 0 amide bonds. The first-order chi connectivity index (χ1) is 20.1. The average molecular weight is 599 g/mol. The predicted molar refractivity (Wildman–Crippen MR) is 145 cm³/mol. The van der Waals surface area contributed by atoms with Crippen molar-refractivity contribution in [3.05, 3.63) is 35.8 Å². The highest BCUT2D eigenvalue weighted by atomic mass is 16.7. The molecule has 3 aliphatic carbocycles. The number of fused-ring (bicyclic) bond motifs is 4. The molecule has 1 N–H and O–H groups in total. The van der Waals surface area contributed by atoms with E-state index >= 15 is 0 Å². The van der Waals surface area contributed by atoms with Crippen LogP contribution in [0.15, 0.2) is 34.7 Å². The van der Waals surface area contributed by atoms with Crippen molar-refractivity contribution in [3.63, 3.8) is 0 Å². The van der Waals surface area contributed by atoms with Gasteiger partial charge in [0.15, 0.2) is 11.4 Å². The van der Waals surface area contributed by atoms with Crippen molar-refractivity contribution in [2.45, 2.75) is 102 Å². The summed E-state index contributed by atoms with van der Waals surface area (Å²) in [5.41, 5.74) is -7.06. The van der Waals surface area contributed by atoms with E-state index < -0.39 is 93.0 Å². The van der Waals surface area contributed by atoms with Gasteiger partial charge in [-0.25, -0.2) is 4.79 Å². The second-order valence-corrected chi connectivity index (χ2v) is 14.3. The number of methoxy groups -OCH3 is 1. The third-order valence-corrected chi connectivity index (χ3v) is 12.2. The average Bonchev–Trinajstić information content (AvgIpc) is 3.83. The van der Waals surface area contributed by atoms with Crippen LogP contribution < -0.4 is 0 Å². The second-order valence-electron chi connectivity index (χ2n) is 14.3. The molecule has 1 aromatic rings. The SMILES string of the molecule is C/C=C(/C)C(=O)O[C@H]1C(C)(C)[C@H](CC(=O)OC)[C@]2(C)C(=O)[C@@]1(O)[C@H]1O[C@]13[C@@H]1CC(=O)O[C@@H](c4ccoc4)[C@]1(C)C[C@H]1O[C@]132. The van der Waals surface area contributed by atoms with Crippen LogP contribution in [-0.4, -0.2) is 71.0 Å². The molecule has 11 nitrogen and oxygen atoms in total. The fraction of sp³-hybridized carbons (Fsp3) is 0.688. The largest absolute Gasteiger partial charge is 0.472 e. The lowest BCUT2D eigenvalue weighted by molar-refractivity contribution is -0.247. The number of cyclic esters (lactones) is 1. The molecule has 2 spiro atoms. The first-order valence-electron chi connectivity index (χ1n) is 14.9. The summed E-state index contributed by atoms with van der Waals surface area (Å²) in [4.78, 5) is 54.3. The molecule has 11 heteroatoms. The summed E-state index contributed by atoms with van der Waals surface area (Å²) in [6.45, 7) is 10.6. The number of Topliss-reactive ketones (excluding diaryl/α,β-unsaturated/α-hetero) is 1. The Morgan fingerprint density at radius 3 is 2.51 bits per heavy atom. The van der Waals surface area contributed by atoms with Crippen LogP contribution >= 0.6 is 0 Å². The highest BCUT2D eigenvalue weighted by Crippen LogP contribution is 2.85. The molecule has 3 aliphatic heterocycles. The number of esters is 3. The first kappa shape index (κ1) is 28.7. The van der Waals surface area contributed by atoms with Crippen LogP contribution in [0, 0.1) is 28.1 Å². The Bertz CT molecular complexity index is 1480. The van der Waals surface area contributed by atoms with E-state index in [9.17, 15) is 24.3 Å². The van der Waals surface area contributed by atoms with Gasteiger partial charge in [-0.05, 0) is 39.2 Å². The van der Waals surface area contributed by atoms with Crippen LogP contribution in [0.4, 0.5) is 0 Å². The van der Waals surface area contributed by atoms with Gasteiger partial charge in [0.05, 0.1) is 44.0 Å². The molecular formula is C32H38O11. The number of aliphatic hydroxyl groups is 1. The van der Waals surface area contributed by atoms with Crippen molar-refractivity contribution >= 4 is 23.7 Å². The van der Waals surface area contributed by atoms with Crippen molar-refractivity contribution in [2.24, 2.45) is 28.1 Å². The van der Waals surface area contributed by atoms with Gasteiger partial charge in [-0.3, -0.25) is 14.4 Å². The summed E-state index contributed by atoms with van der Waals surface area (Å²) in [6.07, 6.45) is 1.25. The predicted octanol–water partition coefficient (Wildman–Crippen LogP) is 2.99. The van der Waals surface area contributed by atoms with E-state index in [0.717, 1.165) is 0 Å². The maximum absolute atomic E-state index is 14.9. The molecule has 43 heavy (non-hydrogen) atoms. The zero-order chi connectivity index (χ0) is 31.1. The summed E-state index contributed by atoms with van der Waals surface area (Å²) in [5.74, 6) is -3.57. The summed E-state index contributed by atoms with van der Waals surface area (Å²) in [5, 5.41) is 12.7. The Balaban J connectivity index is 1.43. The van der Waals surface area contributed by atoms with Crippen molar-refractivity contribution < 1.29 is 52.4 Å². The quantitative estimate of drug-likeness (QED) is 0.230. The van der Waals surface area contributed by atoms with Crippen LogP contribution in [0.3, 0.4) is 0 Å². The second kappa shape index (κ2) is 8.37. The monoisotopic (exact) mass is 598 g/mol. The lowest BCUT2D eigenvalue weighted by Gasteiger charge is -2.65. The lowest BCUT2D eigenvalue weighted by atomic mass is 9.36. The highest BCUT2D eigenvalue weighted by Gasteiger charge is 3.02. The molecule has 7 rings (SSSR count). The maximum Gasteiger partial charge on any atom is 0.333 e. The van der Waals surface area contributed by atoms with Crippen LogP contribution in [-0.2, 0) is 42.9 Å². The van der Waals surface area contributed by atoms with E-state index in [1.807, 2.05) is 6.92 Å². The zero-order valence-electron chi connectivity index (χ0n) is 25.4. The molecule has 0 aromatic carbocycles. The molecular weight excluding hydrogens is 560 g/mol. The minimum Gasteiger partial charge on any atom is -0.472 e. The van der Waals surface area contributed by atoms with Crippen molar-refractivity contribution in [1.29, 1.82) is 0 Å². The molecule has 4 heterocycles. The number of ether oxygens (including phenoxy) is 5. The first-order valence-corrected chi connectivity index (χ1v) is 14.9. The third kappa shape index (κ3) is 3.01.